The lowest BCUT2D eigenvalue weighted by molar-refractivity contribution is 0.00626. The summed E-state index contributed by atoms with van der Waals surface area (Å²) >= 11 is 0. The Labute approximate surface area is 101 Å². The minimum atomic E-state index is 0.495. The van der Waals surface area contributed by atoms with E-state index in [1.54, 1.807) is 0 Å². The molecule has 0 bridgehead atoms. The van der Waals surface area contributed by atoms with E-state index in [1.807, 2.05) is 0 Å². The predicted molar refractivity (Wildman–Crippen MR) is 69.8 cm³/mol. The van der Waals surface area contributed by atoms with Gasteiger partial charge in [0.2, 0.25) is 0 Å². The molecule has 1 atom stereocenters. The molecule has 2 aliphatic rings. The highest BCUT2D eigenvalue weighted by Gasteiger charge is 2.38. The van der Waals surface area contributed by atoms with Gasteiger partial charge in [-0.05, 0) is 38.6 Å². The summed E-state index contributed by atoms with van der Waals surface area (Å²) in [6.45, 7) is 12.4. The molecule has 16 heavy (non-hydrogen) atoms. The second kappa shape index (κ2) is 5.05. The SMILES string of the molecule is CCC(CC)(CC)N1CCN2CCCC2C1. The van der Waals surface area contributed by atoms with E-state index in [1.165, 1.54) is 58.3 Å². The van der Waals surface area contributed by atoms with Crippen LogP contribution in [0.5, 0.6) is 0 Å². The van der Waals surface area contributed by atoms with Crippen molar-refractivity contribution in [3.8, 4) is 0 Å². The van der Waals surface area contributed by atoms with Crippen molar-refractivity contribution in [3.05, 3.63) is 0 Å². The van der Waals surface area contributed by atoms with Crippen molar-refractivity contribution in [1.82, 2.24) is 9.80 Å². The van der Waals surface area contributed by atoms with Crippen LogP contribution in [0.3, 0.4) is 0 Å². The summed E-state index contributed by atoms with van der Waals surface area (Å²) in [4.78, 5) is 5.52. The summed E-state index contributed by atoms with van der Waals surface area (Å²) in [5.74, 6) is 0. The largest absolute Gasteiger partial charge is 0.298 e. The van der Waals surface area contributed by atoms with Crippen LogP contribution in [0.1, 0.15) is 52.9 Å². The van der Waals surface area contributed by atoms with Crippen molar-refractivity contribution in [1.29, 1.82) is 0 Å². The maximum Gasteiger partial charge on any atom is 0.0224 e. The van der Waals surface area contributed by atoms with E-state index in [9.17, 15) is 0 Å². The molecule has 2 heteroatoms. The Balaban J connectivity index is 2.04. The second-order valence-corrected chi connectivity index (χ2v) is 5.56. The van der Waals surface area contributed by atoms with Gasteiger partial charge >= 0.3 is 0 Å². The van der Waals surface area contributed by atoms with Gasteiger partial charge in [-0.1, -0.05) is 20.8 Å². The van der Waals surface area contributed by atoms with Gasteiger partial charge in [0.25, 0.3) is 0 Å². The molecule has 0 radical (unpaired) electrons. The molecule has 0 aromatic carbocycles. The molecule has 0 saturated carbocycles. The van der Waals surface area contributed by atoms with Gasteiger partial charge in [-0.2, -0.15) is 0 Å². The first-order chi connectivity index (χ1) is 7.75. The molecule has 2 rings (SSSR count). The Morgan fingerprint density at radius 3 is 2.31 bits per heavy atom. The van der Waals surface area contributed by atoms with Crippen molar-refractivity contribution in [2.45, 2.75) is 64.5 Å². The summed E-state index contributed by atoms with van der Waals surface area (Å²) in [5.41, 5.74) is 0.495. The molecule has 1 unspecified atom stereocenters. The van der Waals surface area contributed by atoms with Gasteiger partial charge in [0.1, 0.15) is 0 Å². The van der Waals surface area contributed by atoms with E-state index in [2.05, 4.69) is 30.6 Å². The molecule has 2 aliphatic heterocycles. The van der Waals surface area contributed by atoms with E-state index in [4.69, 9.17) is 0 Å². The van der Waals surface area contributed by atoms with Crippen LogP contribution in [0.25, 0.3) is 0 Å². The van der Waals surface area contributed by atoms with E-state index >= 15 is 0 Å². The minimum Gasteiger partial charge on any atom is -0.298 e. The fourth-order valence-corrected chi connectivity index (χ4v) is 3.84. The standard InChI is InChI=1S/C14H28N2/c1-4-14(5-2,6-3)16-11-10-15-9-7-8-13(15)12-16/h13H,4-12H2,1-3H3. The summed E-state index contributed by atoms with van der Waals surface area (Å²) in [6.07, 6.45) is 6.80. The van der Waals surface area contributed by atoms with Crippen LogP contribution in [-0.4, -0.2) is 47.6 Å². The number of hydrogen-bond acceptors (Lipinski definition) is 2. The van der Waals surface area contributed by atoms with Gasteiger partial charge < -0.3 is 0 Å². The first kappa shape index (κ1) is 12.4. The topological polar surface area (TPSA) is 6.48 Å². The molecule has 0 amide bonds. The molecule has 0 aliphatic carbocycles. The molecule has 0 spiro atoms. The smallest absolute Gasteiger partial charge is 0.0224 e. The van der Waals surface area contributed by atoms with E-state index in [0.29, 0.717) is 5.54 Å². The summed E-state index contributed by atoms with van der Waals surface area (Å²) < 4.78 is 0. The molecule has 0 aromatic heterocycles. The number of fused-ring (bicyclic) bond motifs is 1. The van der Waals surface area contributed by atoms with Crippen molar-refractivity contribution < 1.29 is 0 Å². The lowest BCUT2D eigenvalue weighted by Gasteiger charge is -2.48. The maximum absolute atomic E-state index is 2.81. The predicted octanol–water partition coefficient (Wildman–Crippen LogP) is 2.74. The lowest BCUT2D eigenvalue weighted by Crippen LogP contribution is -2.58. The zero-order valence-corrected chi connectivity index (χ0v) is 11.3. The maximum atomic E-state index is 2.81. The Morgan fingerprint density at radius 2 is 1.69 bits per heavy atom. The van der Waals surface area contributed by atoms with E-state index in [0.717, 1.165) is 6.04 Å². The Morgan fingerprint density at radius 1 is 1.00 bits per heavy atom. The van der Waals surface area contributed by atoms with Gasteiger partial charge in [-0.3, -0.25) is 9.80 Å². The second-order valence-electron chi connectivity index (χ2n) is 5.56. The average molecular weight is 224 g/mol. The molecule has 0 N–H and O–H groups in total. The number of nitrogens with zero attached hydrogens (tertiary/aromatic N) is 2. The first-order valence-corrected chi connectivity index (χ1v) is 7.25. The Bertz CT molecular complexity index is 215. The third-order valence-electron chi connectivity index (χ3n) is 5.23. The average Bonchev–Trinajstić information content (AvgIpc) is 2.79. The van der Waals surface area contributed by atoms with Crippen LogP contribution in [0.4, 0.5) is 0 Å². The number of hydrogen-bond donors (Lipinski definition) is 0. The van der Waals surface area contributed by atoms with Crippen LogP contribution < -0.4 is 0 Å². The minimum absolute atomic E-state index is 0.495. The highest BCUT2D eigenvalue weighted by atomic mass is 15.3. The van der Waals surface area contributed by atoms with Crippen molar-refractivity contribution in [2.24, 2.45) is 0 Å². The van der Waals surface area contributed by atoms with Crippen LogP contribution in [-0.2, 0) is 0 Å². The highest BCUT2D eigenvalue weighted by Crippen LogP contribution is 2.32. The normalized spacial score (nSPS) is 28.3. The molecular weight excluding hydrogens is 196 g/mol. The summed E-state index contributed by atoms with van der Waals surface area (Å²) in [5, 5.41) is 0. The molecule has 2 saturated heterocycles. The number of rotatable bonds is 4. The molecule has 94 valence electrons. The van der Waals surface area contributed by atoms with Crippen LogP contribution in [0.2, 0.25) is 0 Å². The third kappa shape index (κ3) is 2.02. The van der Waals surface area contributed by atoms with Crippen LogP contribution in [0, 0.1) is 0 Å². The molecule has 2 nitrogen and oxygen atoms in total. The zero-order valence-electron chi connectivity index (χ0n) is 11.3. The fraction of sp³-hybridized carbons (Fsp3) is 1.00. The van der Waals surface area contributed by atoms with Gasteiger partial charge in [0.05, 0.1) is 0 Å². The van der Waals surface area contributed by atoms with E-state index < -0.39 is 0 Å². The van der Waals surface area contributed by atoms with Crippen molar-refractivity contribution in [2.75, 3.05) is 26.2 Å². The molecule has 2 fully saturated rings. The molecule has 2 heterocycles. The fourth-order valence-electron chi connectivity index (χ4n) is 3.84. The van der Waals surface area contributed by atoms with Gasteiger partial charge in [0.15, 0.2) is 0 Å². The monoisotopic (exact) mass is 224 g/mol. The molecular formula is C14H28N2. The molecule has 0 aromatic rings. The van der Waals surface area contributed by atoms with Gasteiger partial charge in [-0.25, -0.2) is 0 Å². The highest BCUT2D eigenvalue weighted by molar-refractivity contribution is 4.95. The first-order valence-electron chi connectivity index (χ1n) is 7.25. The quantitative estimate of drug-likeness (QED) is 0.724. The van der Waals surface area contributed by atoms with Crippen LogP contribution >= 0.6 is 0 Å². The lowest BCUT2D eigenvalue weighted by atomic mass is 9.86. The summed E-state index contributed by atoms with van der Waals surface area (Å²) in [7, 11) is 0. The van der Waals surface area contributed by atoms with E-state index in [-0.39, 0.29) is 0 Å². The Hall–Kier alpha value is -0.0800. The third-order valence-corrected chi connectivity index (χ3v) is 5.23. The van der Waals surface area contributed by atoms with Crippen molar-refractivity contribution in [3.63, 3.8) is 0 Å². The summed E-state index contributed by atoms with van der Waals surface area (Å²) in [6, 6.07) is 0.873. The zero-order chi connectivity index (χ0) is 11.6. The van der Waals surface area contributed by atoms with Gasteiger partial charge in [-0.15, -0.1) is 0 Å². The van der Waals surface area contributed by atoms with Gasteiger partial charge in [0, 0.05) is 31.2 Å². The Kier molecular flexibility index (Phi) is 3.91. The van der Waals surface area contributed by atoms with Crippen LogP contribution in [0.15, 0.2) is 0 Å². The van der Waals surface area contributed by atoms with Crippen molar-refractivity contribution >= 4 is 0 Å². The number of piperazine rings is 1.